The van der Waals surface area contributed by atoms with Crippen molar-refractivity contribution in [3.05, 3.63) is 34.4 Å². The third-order valence-electron chi connectivity index (χ3n) is 3.33. The standard InChI is InChI=1S/C14H18O2/c1-9-7-8-10(2)14-12(9)5-4-6-13(14)16-11(3)15/h7-8,13H,4-6H2,1-3H3/t13-/m0/s1. The molecule has 1 aliphatic carbocycles. The maximum Gasteiger partial charge on any atom is 0.303 e. The van der Waals surface area contributed by atoms with Crippen molar-refractivity contribution in [1.82, 2.24) is 0 Å². The molecule has 0 N–H and O–H groups in total. The second kappa shape index (κ2) is 4.28. The Hall–Kier alpha value is -1.31. The number of benzene rings is 1. The van der Waals surface area contributed by atoms with Crippen LogP contribution in [0, 0.1) is 13.8 Å². The zero-order valence-corrected chi connectivity index (χ0v) is 10.2. The van der Waals surface area contributed by atoms with Gasteiger partial charge in [0.05, 0.1) is 0 Å². The van der Waals surface area contributed by atoms with E-state index < -0.39 is 0 Å². The highest BCUT2D eigenvalue weighted by atomic mass is 16.5. The Morgan fingerprint density at radius 3 is 2.69 bits per heavy atom. The Labute approximate surface area is 96.6 Å². The number of aryl methyl sites for hydroxylation is 2. The molecule has 0 fully saturated rings. The van der Waals surface area contributed by atoms with Crippen LogP contribution >= 0.6 is 0 Å². The van der Waals surface area contributed by atoms with Crippen molar-refractivity contribution >= 4 is 5.97 Å². The van der Waals surface area contributed by atoms with E-state index in [0.717, 1.165) is 19.3 Å². The molecule has 0 saturated heterocycles. The fraction of sp³-hybridized carbons (Fsp3) is 0.500. The predicted molar refractivity (Wildman–Crippen MR) is 63.4 cm³/mol. The Kier molecular flexibility index (Phi) is 2.99. The summed E-state index contributed by atoms with van der Waals surface area (Å²) in [6.45, 7) is 5.72. The Morgan fingerprint density at radius 1 is 1.31 bits per heavy atom. The molecule has 0 radical (unpaired) electrons. The van der Waals surface area contributed by atoms with Gasteiger partial charge in [0.1, 0.15) is 6.10 Å². The molecule has 2 rings (SSSR count). The van der Waals surface area contributed by atoms with Crippen LogP contribution in [0.25, 0.3) is 0 Å². The summed E-state index contributed by atoms with van der Waals surface area (Å²) in [6.07, 6.45) is 3.15. The number of fused-ring (bicyclic) bond motifs is 1. The normalized spacial score (nSPS) is 19.1. The molecule has 2 heteroatoms. The summed E-state index contributed by atoms with van der Waals surface area (Å²) in [7, 11) is 0. The lowest BCUT2D eigenvalue weighted by Gasteiger charge is -2.28. The van der Waals surface area contributed by atoms with Crippen LogP contribution < -0.4 is 0 Å². The van der Waals surface area contributed by atoms with Crippen molar-refractivity contribution < 1.29 is 9.53 Å². The molecule has 0 heterocycles. The molecule has 0 amide bonds. The van der Waals surface area contributed by atoms with Crippen LogP contribution in [0.5, 0.6) is 0 Å². The van der Waals surface area contributed by atoms with Crippen molar-refractivity contribution in [2.45, 2.75) is 46.1 Å². The van der Waals surface area contributed by atoms with Crippen LogP contribution in [0.4, 0.5) is 0 Å². The van der Waals surface area contributed by atoms with E-state index >= 15 is 0 Å². The second-order valence-corrected chi connectivity index (χ2v) is 4.58. The van der Waals surface area contributed by atoms with Crippen molar-refractivity contribution in [2.24, 2.45) is 0 Å². The first-order valence-corrected chi connectivity index (χ1v) is 5.86. The van der Waals surface area contributed by atoms with Gasteiger partial charge >= 0.3 is 5.97 Å². The molecule has 0 spiro atoms. The van der Waals surface area contributed by atoms with Gasteiger partial charge in [-0.15, -0.1) is 0 Å². The van der Waals surface area contributed by atoms with Crippen molar-refractivity contribution in [3.63, 3.8) is 0 Å². The maximum absolute atomic E-state index is 11.1. The summed E-state index contributed by atoms with van der Waals surface area (Å²) in [6, 6.07) is 4.28. The largest absolute Gasteiger partial charge is 0.458 e. The summed E-state index contributed by atoms with van der Waals surface area (Å²) < 4.78 is 5.41. The lowest BCUT2D eigenvalue weighted by Crippen LogP contribution is -2.17. The molecule has 0 bridgehead atoms. The average Bonchev–Trinajstić information content (AvgIpc) is 2.23. The number of carbonyl (C=O) groups is 1. The van der Waals surface area contributed by atoms with E-state index in [2.05, 4.69) is 26.0 Å². The van der Waals surface area contributed by atoms with Crippen molar-refractivity contribution in [1.29, 1.82) is 0 Å². The van der Waals surface area contributed by atoms with Crippen LogP contribution in [0.1, 0.15) is 48.1 Å². The highest BCUT2D eigenvalue weighted by Crippen LogP contribution is 2.36. The monoisotopic (exact) mass is 218 g/mol. The van der Waals surface area contributed by atoms with Gasteiger partial charge in [0, 0.05) is 6.92 Å². The highest BCUT2D eigenvalue weighted by Gasteiger charge is 2.25. The second-order valence-electron chi connectivity index (χ2n) is 4.58. The topological polar surface area (TPSA) is 26.3 Å². The molecule has 1 atom stereocenters. The minimum absolute atomic E-state index is 0.0267. The molecule has 1 aromatic rings. The molecule has 2 nitrogen and oxygen atoms in total. The minimum Gasteiger partial charge on any atom is -0.458 e. The minimum atomic E-state index is -0.182. The van der Waals surface area contributed by atoms with Gasteiger partial charge < -0.3 is 4.74 Å². The average molecular weight is 218 g/mol. The number of carbonyl (C=O) groups excluding carboxylic acids is 1. The molecule has 1 aromatic carbocycles. The first-order chi connectivity index (χ1) is 7.59. The van der Waals surface area contributed by atoms with Crippen LogP contribution in [0.2, 0.25) is 0 Å². The van der Waals surface area contributed by atoms with Crippen molar-refractivity contribution in [3.8, 4) is 0 Å². The number of esters is 1. The predicted octanol–water partition coefficient (Wildman–Crippen LogP) is 3.24. The number of rotatable bonds is 1. The Morgan fingerprint density at radius 2 is 2.00 bits per heavy atom. The van der Waals surface area contributed by atoms with Crippen LogP contribution in [0.3, 0.4) is 0 Å². The Balaban J connectivity index is 2.44. The zero-order valence-electron chi connectivity index (χ0n) is 10.2. The SMILES string of the molecule is CC(=O)O[C@H]1CCCc2c(C)ccc(C)c21. The fourth-order valence-electron chi connectivity index (χ4n) is 2.60. The maximum atomic E-state index is 11.1. The van der Waals surface area contributed by atoms with Gasteiger partial charge in [0.25, 0.3) is 0 Å². The fourth-order valence-corrected chi connectivity index (χ4v) is 2.60. The number of ether oxygens (including phenoxy) is 1. The summed E-state index contributed by atoms with van der Waals surface area (Å²) in [5, 5.41) is 0. The van der Waals surface area contributed by atoms with Gasteiger partial charge in [-0.2, -0.15) is 0 Å². The molecule has 16 heavy (non-hydrogen) atoms. The molecular weight excluding hydrogens is 200 g/mol. The van der Waals surface area contributed by atoms with Crippen LogP contribution in [-0.4, -0.2) is 5.97 Å². The van der Waals surface area contributed by atoms with E-state index in [1.807, 2.05) is 0 Å². The van der Waals surface area contributed by atoms with E-state index in [1.165, 1.54) is 29.2 Å². The van der Waals surface area contributed by atoms with Gasteiger partial charge in [-0.25, -0.2) is 0 Å². The van der Waals surface area contributed by atoms with E-state index in [9.17, 15) is 4.79 Å². The third kappa shape index (κ3) is 1.97. The number of hydrogen-bond acceptors (Lipinski definition) is 2. The van der Waals surface area contributed by atoms with Gasteiger partial charge in [-0.1, -0.05) is 12.1 Å². The summed E-state index contributed by atoms with van der Waals surface area (Å²) in [4.78, 5) is 11.1. The van der Waals surface area contributed by atoms with Crippen molar-refractivity contribution in [2.75, 3.05) is 0 Å². The summed E-state index contributed by atoms with van der Waals surface area (Å²) in [5.74, 6) is -0.182. The smallest absolute Gasteiger partial charge is 0.303 e. The van der Waals surface area contributed by atoms with Crippen LogP contribution in [-0.2, 0) is 16.0 Å². The van der Waals surface area contributed by atoms with Gasteiger partial charge in [0.2, 0.25) is 0 Å². The molecule has 86 valence electrons. The third-order valence-corrected chi connectivity index (χ3v) is 3.33. The van der Waals surface area contributed by atoms with Gasteiger partial charge in [-0.3, -0.25) is 4.79 Å². The first kappa shape index (κ1) is 11.2. The summed E-state index contributed by atoms with van der Waals surface area (Å²) >= 11 is 0. The first-order valence-electron chi connectivity index (χ1n) is 5.86. The van der Waals surface area contributed by atoms with E-state index in [-0.39, 0.29) is 12.1 Å². The number of hydrogen-bond donors (Lipinski definition) is 0. The molecule has 0 unspecified atom stereocenters. The quantitative estimate of drug-likeness (QED) is 0.676. The summed E-state index contributed by atoms with van der Waals surface area (Å²) in [5.41, 5.74) is 5.20. The van der Waals surface area contributed by atoms with E-state index in [1.54, 1.807) is 0 Å². The molecular formula is C14H18O2. The molecule has 0 aromatic heterocycles. The molecule has 0 aliphatic heterocycles. The Bertz CT molecular complexity index is 421. The van der Waals surface area contributed by atoms with Crippen LogP contribution in [0.15, 0.2) is 12.1 Å². The highest BCUT2D eigenvalue weighted by molar-refractivity contribution is 5.66. The molecule has 1 aliphatic rings. The lowest BCUT2D eigenvalue weighted by molar-refractivity contribution is -0.147. The van der Waals surface area contributed by atoms with E-state index in [4.69, 9.17) is 4.74 Å². The van der Waals surface area contributed by atoms with E-state index in [0.29, 0.717) is 0 Å². The zero-order chi connectivity index (χ0) is 11.7. The van der Waals surface area contributed by atoms with Gasteiger partial charge in [-0.05, 0) is 55.4 Å². The lowest BCUT2D eigenvalue weighted by atomic mass is 9.84. The molecule has 0 saturated carbocycles. The van der Waals surface area contributed by atoms with Gasteiger partial charge in [0.15, 0.2) is 0 Å².